The molecule has 3 N–H and O–H groups in total. The number of aliphatic hydroxyl groups is 2. The van der Waals surface area contributed by atoms with Gasteiger partial charge in [-0.3, -0.25) is 9.59 Å². The van der Waals surface area contributed by atoms with Crippen molar-refractivity contribution in [2.75, 3.05) is 13.1 Å². The molecule has 104 valence electrons. The molecule has 1 unspecified atom stereocenters. The van der Waals surface area contributed by atoms with Gasteiger partial charge < -0.3 is 20.4 Å². The summed E-state index contributed by atoms with van der Waals surface area (Å²) in [4.78, 5) is 25.1. The van der Waals surface area contributed by atoms with E-state index in [4.69, 9.17) is 0 Å². The lowest BCUT2D eigenvalue weighted by molar-refractivity contribution is -0.137. The molecule has 1 heterocycles. The predicted molar refractivity (Wildman–Crippen MR) is 65.7 cm³/mol. The van der Waals surface area contributed by atoms with E-state index < -0.39 is 23.7 Å². The average molecular weight is 258 g/mol. The van der Waals surface area contributed by atoms with Gasteiger partial charge in [-0.05, 0) is 6.92 Å². The maximum atomic E-state index is 12.0. The van der Waals surface area contributed by atoms with Crippen LogP contribution in [-0.4, -0.2) is 58.3 Å². The maximum absolute atomic E-state index is 12.0. The van der Waals surface area contributed by atoms with Gasteiger partial charge in [0.2, 0.25) is 11.8 Å². The van der Waals surface area contributed by atoms with Gasteiger partial charge in [0, 0.05) is 18.5 Å². The normalized spacial score (nSPS) is 26.0. The second-order valence-electron chi connectivity index (χ2n) is 5.82. The van der Waals surface area contributed by atoms with Gasteiger partial charge in [0.1, 0.15) is 6.04 Å². The van der Waals surface area contributed by atoms with E-state index in [0.717, 1.165) is 0 Å². The molecule has 0 spiro atoms. The Labute approximate surface area is 107 Å². The summed E-state index contributed by atoms with van der Waals surface area (Å²) in [5, 5.41) is 21.4. The van der Waals surface area contributed by atoms with E-state index in [9.17, 15) is 19.8 Å². The molecule has 18 heavy (non-hydrogen) atoms. The van der Waals surface area contributed by atoms with Crippen molar-refractivity contribution in [3.05, 3.63) is 0 Å². The Kier molecular flexibility index (Phi) is 4.34. The highest BCUT2D eigenvalue weighted by Crippen LogP contribution is 2.14. The summed E-state index contributed by atoms with van der Waals surface area (Å²) in [6, 6.07) is -0.658. The number of amides is 2. The van der Waals surface area contributed by atoms with Gasteiger partial charge >= 0.3 is 0 Å². The van der Waals surface area contributed by atoms with Crippen molar-refractivity contribution in [3.63, 3.8) is 0 Å². The molecule has 0 radical (unpaired) electrons. The molecule has 6 heteroatoms. The molecule has 0 bridgehead atoms. The van der Waals surface area contributed by atoms with Gasteiger partial charge in [-0.15, -0.1) is 0 Å². The van der Waals surface area contributed by atoms with Crippen LogP contribution < -0.4 is 5.32 Å². The van der Waals surface area contributed by atoms with Crippen LogP contribution in [0.15, 0.2) is 0 Å². The lowest BCUT2D eigenvalue weighted by atomic mass is 9.95. The Morgan fingerprint density at radius 3 is 2.06 bits per heavy atom. The smallest absolute Gasteiger partial charge is 0.245 e. The molecule has 0 aromatic rings. The zero-order chi connectivity index (χ0) is 14.1. The summed E-state index contributed by atoms with van der Waals surface area (Å²) in [7, 11) is 0. The minimum Gasteiger partial charge on any atom is -0.388 e. The van der Waals surface area contributed by atoms with Crippen molar-refractivity contribution >= 4 is 11.8 Å². The van der Waals surface area contributed by atoms with Crippen molar-refractivity contribution in [3.8, 4) is 0 Å². The second-order valence-corrected chi connectivity index (χ2v) is 5.82. The molecule has 3 atom stereocenters. The summed E-state index contributed by atoms with van der Waals surface area (Å²) in [5.74, 6) is -0.494. The number of carbonyl (C=O) groups is 2. The monoisotopic (exact) mass is 258 g/mol. The Morgan fingerprint density at radius 1 is 1.22 bits per heavy atom. The van der Waals surface area contributed by atoms with Crippen molar-refractivity contribution in [1.82, 2.24) is 10.2 Å². The van der Waals surface area contributed by atoms with Crippen LogP contribution in [0.3, 0.4) is 0 Å². The molecule has 0 aromatic carbocycles. The highest BCUT2D eigenvalue weighted by atomic mass is 16.3. The largest absolute Gasteiger partial charge is 0.388 e. The van der Waals surface area contributed by atoms with E-state index in [0.29, 0.717) is 0 Å². The third-order valence-corrected chi connectivity index (χ3v) is 2.97. The highest BCUT2D eigenvalue weighted by Gasteiger charge is 2.35. The van der Waals surface area contributed by atoms with Crippen LogP contribution in [0.4, 0.5) is 0 Å². The third kappa shape index (κ3) is 3.43. The Morgan fingerprint density at radius 2 is 1.67 bits per heavy atom. The first-order valence-electron chi connectivity index (χ1n) is 6.09. The fraction of sp³-hybridized carbons (Fsp3) is 0.833. The molecule has 1 aliphatic heterocycles. The zero-order valence-corrected chi connectivity index (χ0v) is 11.3. The first-order valence-corrected chi connectivity index (χ1v) is 6.09. The number of β-amino-alcohol motifs (C(OH)–C–C–N with tert-alkyl or cyclic N) is 2. The van der Waals surface area contributed by atoms with Crippen molar-refractivity contribution in [2.45, 2.75) is 45.9 Å². The minimum absolute atomic E-state index is 0.107. The molecule has 1 saturated heterocycles. The van der Waals surface area contributed by atoms with E-state index in [-0.39, 0.29) is 24.9 Å². The molecule has 0 aliphatic carbocycles. The van der Waals surface area contributed by atoms with Crippen LogP contribution >= 0.6 is 0 Å². The number of hydrogen-bond donors (Lipinski definition) is 3. The molecule has 2 amide bonds. The summed E-state index contributed by atoms with van der Waals surface area (Å²) < 4.78 is 0. The number of rotatable bonds is 2. The third-order valence-electron chi connectivity index (χ3n) is 2.97. The minimum atomic E-state index is -0.903. The van der Waals surface area contributed by atoms with Gasteiger partial charge in [-0.25, -0.2) is 0 Å². The molecule has 1 rings (SSSR count). The number of carbonyl (C=O) groups excluding carboxylic acids is 2. The number of hydrogen-bond acceptors (Lipinski definition) is 4. The molecule has 1 aliphatic rings. The molecule has 0 aromatic heterocycles. The summed E-state index contributed by atoms with van der Waals surface area (Å²) in [6.07, 6.45) is -1.81. The molecular formula is C12H22N2O4. The van der Waals surface area contributed by atoms with Crippen LogP contribution in [0.1, 0.15) is 27.7 Å². The topological polar surface area (TPSA) is 89.9 Å². The van der Waals surface area contributed by atoms with Crippen molar-refractivity contribution in [1.29, 1.82) is 0 Å². The van der Waals surface area contributed by atoms with Gasteiger partial charge in [-0.1, -0.05) is 20.8 Å². The summed E-state index contributed by atoms with van der Waals surface area (Å²) >= 11 is 0. The lowest BCUT2D eigenvalue weighted by Gasteiger charge is -2.24. The van der Waals surface area contributed by atoms with Crippen molar-refractivity contribution < 1.29 is 19.8 Å². The first-order chi connectivity index (χ1) is 8.12. The summed E-state index contributed by atoms with van der Waals surface area (Å²) in [5.41, 5.74) is -0.557. The number of likely N-dealkylation sites (tertiary alicyclic amines) is 1. The molecule has 0 saturated carbocycles. The number of nitrogens with one attached hydrogen (secondary N) is 1. The standard InChI is InChI=1S/C12H22N2O4/c1-7(13-11(18)12(2,3)4)10(17)14-5-8(15)9(16)6-14/h7-9,15-16H,5-6H2,1-4H3,(H,13,18)/t7?,8-,9+. The van der Waals surface area contributed by atoms with Crippen LogP contribution in [0, 0.1) is 5.41 Å². The van der Waals surface area contributed by atoms with Crippen LogP contribution in [-0.2, 0) is 9.59 Å². The van der Waals surface area contributed by atoms with Crippen LogP contribution in [0.2, 0.25) is 0 Å². The first kappa shape index (κ1) is 14.9. The van der Waals surface area contributed by atoms with E-state index in [1.54, 1.807) is 27.7 Å². The van der Waals surface area contributed by atoms with E-state index in [2.05, 4.69) is 5.32 Å². The molecule has 1 fully saturated rings. The van der Waals surface area contributed by atoms with Gasteiger partial charge in [0.05, 0.1) is 12.2 Å². The van der Waals surface area contributed by atoms with Crippen LogP contribution in [0.5, 0.6) is 0 Å². The van der Waals surface area contributed by atoms with Gasteiger partial charge in [-0.2, -0.15) is 0 Å². The van der Waals surface area contributed by atoms with E-state index in [1.807, 2.05) is 0 Å². The van der Waals surface area contributed by atoms with Gasteiger partial charge in [0.15, 0.2) is 0 Å². The average Bonchev–Trinajstić information content (AvgIpc) is 2.56. The van der Waals surface area contributed by atoms with Crippen molar-refractivity contribution in [2.24, 2.45) is 5.41 Å². The molecule has 6 nitrogen and oxygen atoms in total. The lowest BCUT2D eigenvalue weighted by Crippen LogP contribution is -2.49. The Balaban J connectivity index is 2.55. The number of aliphatic hydroxyl groups excluding tert-OH is 2. The molecular weight excluding hydrogens is 236 g/mol. The van der Waals surface area contributed by atoms with E-state index >= 15 is 0 Å². The Bertz CT molecular complexity index is 327. The quantitative estimate of drug-likeness (QED) is 0.599. The van der Waals surface area contributed by atoms with Crippen LogP contribution in [0.25, 0.3) is 0 Å². The highest BCUT2D eigenvalue weighted by molar-refractivity contribution is 5.89. The Hall–Kier alpha value is -1.14. The SMILES string of the molecule is CC(NC(=O)C(C)(C)C)C(=O)N1C[C@@H](O)[C@@H](O)C1. The predicted octanol–water partition coefficient (Wildman–Crippen LogP) is -0.899. The van der Waals surface area contributed by atoms with Gasteiger partial charge in [0.25, 0.3) is 0 Å². The fourth-order valence-electron chi connectivity index (χ4n) is 1.70. The second kappa shape index (κ2) is 5.24. The number of nitrogens with zero attached hydrogens (tertiary/aromatic N) is 1. The van der Waals surface area contributed by atoms with E-state index in [1.165, 1.54) is 4.90 Å². The summed E-state index contributed by atoms with van der Waals surface area (Å²) in [6.45, 7) is 7.11. The zero-order valence-electron chi connectivity index (χ0n) is 11.3. The fourth-order valence-corrected chi connectivity index (χ4v) is 1.70. The maximum Gasteiger partial charge on any atom is 0.245 e.